The van der Waals surface area contributed by atoms with Crippen LogP contribution in [0.4, 0.5) is 0 Å². The van der Waals surface area contributed by atoms with E-state index in [2.05, 4.69) is 4.74 Å². The fourth-order valence-corrected chi connectivity index (χ4v) is 1.37. The molecule has 1 N–H and O–H groups in total. The average molecular weight is 185 g/mol. The van der Waals surface area contributed by atoms with Gasteiger partial charge in [0.2, 0.25) is 0 Å². The molecule has 0 unspecified atom stereocenters. The largest absolute Gasteiger partial charge is 0.504 e. The van der Waals surface area contributed by atoms with E-state index in [-0.39, 0.29) is 11.5 Å². The Morgan fingerprint density at radius 2 is 1.93 bits per heavy atom. The van der Waals surface area contributed by atoms with Crippen LogP contribution in [0.2, 0.25) is 0 Å². The highest BCUT2D eigenvalue weighted by atomic mass is 16.5. The van der Waals surface area contributed by atoms with E-state index in [1.807, 2.05) is 18.2 Å². The molecule has 0 aliphatic heterocycles. The Labute approximate surface area is 80.8 Å². The number of phenols is 1. The smallest absolute Gasteiger partial charge is 0.292 e. The first-order chi connectivity index (χ1) is 6.83. The van der Waals surface area contributed by atoms with Crippen LogP contribution in [0.3, 0.4) is 0 Å². The Morgan fingerprint density at radius 3 is 2.71 bits per heavy atom. The zero-order chi connectivity index (χ0) is 9.97. The van der Waals surface area contributed by atoms with E-state index in [0.29, 0.717) is 5.39 Å². The van der Waals surface area contributed by atoms with Crippen LogP contribution in [0.25, 0.3) is 10.8 Å². The summed E-state index contributed by atoms with van der Waals surface area (Å²) >= 11 is 0. The number of ether oxygens (including phenoxy) is 1. The summed E-state index contributed by atoms with van der Waals surface area (Å²) in [6.45, 7) is 0. The minimum absolute atomic E-state index is 0.00431. The van der Waals surface area contributed by atoms with Crippen molar-refractivity contribution in [3.63, 3.8) is 0 Å². The van der Waals surface area contributed by atoms with Crippen molar-refractivity contribution in [3.05, 3.63) is 36.4 Å². The molecule has 0 saturated carbocycles. The quantitative estimate of drug-likeness (QED) is 0.694. The van der Waals surface area contributed by atoms with Crippen LogP contribution in [-0.2, 0) is 0 Å². The fraction of sp³-hybridized carbons (Fsp3) is 0. The molecule has 0 spiro atoms. The number of fused-ring (bicyclic) bond motifs is 1. The minimum atomic E-state index is 0.00431. The van der Waals surface area contributed by atoms with E-state index < -0.39 is 0 Å². The lowest BCUT2D eigenvalue weighted by molar-refractivity contribution is 0.426. The summed E-state index contributed by atoms with van der Waals surface area (Å²) in [5.74, 6) is 0.191. The molecule has 0 heterocycles. The van der Waals surface area contributed by atoms with E-state index in [9.17, 15) is 5.11 Å². The molecule has 68 valence electrons. The number of phenolic OH excluding ortho intramolecular Hbond substituents is 1. The van der Waals surface area contributed by atoms with Gasteiger partial charge < -0.3 is 9.84 Å². The molecular weight excluding hydrogens is 178 g/mol. The highest BCUT2D eigenvalue weighted by molar-refractivity contribution is 5.90. The highest BCUT2D eigenvalue weighted by Gasteiger charge is 2.06. The van der Waals surface area contributed by atoms with Crippen molar-refractivity contribution in [3.8, 4) is 17.8 Å². The Morgan fingerprint density at radius 1 is 1.14 bits per heavy atom. The summed E-state index contributed by atoms with van der Waals surface area (Å²) in [5.41, 5.74) is 0. The second-order valence-electron chi connectivity index (χ2n) is 2.83. The van der Waals surface area contributed by atoms with Crippen LogP contribution in [0.5, 0.6) is 11.5 Å². The topological polar surface area (TPSA) is 53.2 Å². The molecule has 0 aliphatic rings. The zero-order valence-corrected chi connectivity index (χ0v) is 7.27. The van der Waals surface area contributed by atoms with Crippen molar-refractivity contribution in [1.29, 1.82) is 5.26 Å². The van der Waals surface area contributed by atoms with Crippen LogP contribution in [0, 0.1) is 11.5 Å². The number of benzene rings is 2. The number of nitrogens with zero attached hydrogens (tertiary/aromatic N) is 1. The van der Waals surface area contributed by atoms with Gasteiger partial charge in [0.15, 0.2) is 11.5 Å². The van der Waals surface area contributed by atoms with Crippen molar-refractivity contribution < 1.29 is 9.84 Å². The Kier molecular flexibility index (Phi) is 1.96. The van der Waals surface area contributed by atoms with Crippen molar-refractivity contribution in [2.75, 3.05) is 0 Å². The van der Waals surface area contributed by atoms with Gasteiger partial charge in [-0.05, 0) is 11.5 Å². The number of aromatic hydroxyl groups is 1. The van der Waals surface area contributed by atoms with Gasteiger partial charge in [0, 0.05) is 5.39 Å². The molecule has 0 atom stereocenters. The number of hydrogen-bond donors (Lipinski definition) is 1. The molecule has 0 radical (unpaired) electrons. The summed E-state index contributed by atoms with van der Waals surface area (Å²) in [6.07, 6.45) is 1.53. The van der Waals surface area contributed by atoms with Gasteiger partial charge in [0.25, 0.3) is 6.26 Å². The fourth-order valence-electron chi connectivity index (χ4n) is 1.37. The molecule has 2 rings (SSSR count). The maximum atomic E-state index is 9.70. The van der Waals surface area contributed by atoms with Crippen LogP contribution < -0.4 is 4.74 Å². The maximum Gasteiger partial charge on any atom is 0.292 e. The first kappa shape index (κ1) is 8.39. The third-order valence-corrected chi connectivity index (χ3v) is 2.02. The van der Waals surface area contributed by atoms with Gasteiger partial charge in [0.05, 0.1) is 0 Å². The molecule has 0 fully saturated rings. The lowest BCUT2D eigenvalue weighted by Gasteiger charge is -2.03. The lowest BCUT2D eigenvalue weighted by atomic mass is 10.1. The van der Waals surface area contributed by atoms with Crippen molar-refractivity contribution in [1.82, 2.24) is 0 Å². The highest BCUT2D eigenvalue weighted by Crippen LogP contribution is 2.33. The molecule has 0 amide bonds. The van der Waals surface area contributed by atoms with E-state index >= 15 is 0 Å². The Bertz CT molecular complexity index is 514. The van der Waals surface area contributed by atoms with E-state index in [0.717, 1.165) is 5.39 Å². The summed E-state index contributed by atoms with van der Waals surface area (Å²) in [7, 11) is 0. The number of nitriles is 1. The third-order valence-electron chi connectivity index (χ3n) is 2.02. The van der Waals surface area contributed by atoms with Gasteiger partial charge in [-0.3, -0.25) is 0 Å². The molecular formula is C11H7NO2. The maximum absolute atomic E-state index is 9.70. The SMILES string of the molecule is N#COc1ccc2ccccc2c1O. The lowest BCUT2D eigenvalue weighted by Crippen LogP contribution is -1.83. The first-order valence-electron chi connectivity index (χ1n) is 4.09. The summed E-state index contributed by atoms with van der Waals surface area (Å²) in [4.78, 5) is 0. The summed E-state index contributed by atoms with van der Waals surface area (Å²) in [5, 5.41) is 19.6. The van der Waals surface area contributed by atoms with Gasteiger partial charge in [-0.2, -0.15) is 0 Å². The second kappa shape index (κ2) is 3.27. The minimum Gasteiger partial charge on any atom is -0.504 e. The Balaban J connectivity index is 2.70. The normalized spacial score (nSPS) is 9.64. The predicted molar refractivity (Wildman–Crippen MR) is 51.9 cm³/mol. The van der Waals surface area contributed by atoms with Gasteiger partial charge in [-0.15, -0.1) is 5.26 Å². The molecule has 0 aliphatic carbocycles. The van der Waals surface area contributed by atoms with Gasteiger partial charge in [-0.1, -0.05) is 30.3 Å². The van der Waals surface area contributed by atoms with Crippen LogP contribution in [-0.4, -0.2) is 5.11 Å². The number of rotatable bonds is 1. The predicted octanol–water partition coefficient (Wildman–Crippen LogP) is 2.41. The molecule has 3 nitrogen and oxygen atoms in total. The van der Waals surface area contributed by atoms with Gasteiger partial charge in [-0.25, -0.2) is 0 Å². The van der Waals surface area contributed by atoms with Crippen molar-refractivity contribution >= 4 is 10.8 Å². The van der Waals surface area contributed by atoms with E-state index in [1.54, 1.807) is 18.2 Å². The molecule has 0 aromatic heterocycles. The average Bonchev–Trinajstić information content (AvgIpc) is 2.23. The first-order valence-corrected chi connectivity index (χ1v) is 4.09. The molecule has 14 heavy (non-hydrogen) atoms. The summed E-state index contributed by atoms with van der Waals surface area (Å²) in [6, 6.07) is 10.7. The van der Waals surface area contributed by atoms with Gasteiger partial charge in [0.1, 0.15) is 0 Å². The molecule has 0 saturated heterocycles. The van der Waals surface area contributed by atoms with Crippen LogP contribution >= 0.6 is 0 Å². The third kappa shape index (κ3) is 1.23. The summed E-state index contributed by atoms with van der Waals surface area (Å²) < 4.78 is 4.60. The standard InChI is InChI=1S/C11H7NO2/c12-7-14-10-6-5-8-3-1-2-4-9(8)11(10)13/h1-6,13H. The molecule has 2 aromatic rings. The van der Waals surface area contributed by atoms with Crippen molar-refractivity contribution in [2.45, 2.75) is 0 Å². The molecule has 2 aromatic carbocycles. The Hall–Kier alpha value is -2.21. The van der Waals surface area contributed by atoms with Crippen molar-refractivity contribution in [2.24, 2.45) is 0 Å². The second-order valence-corrected chi connectivity index (χ2v) is 2.83. The van der Waals surface area contributed by atoms with Gasteiger partial charge >= 0.3 is 0 Å². The van der Waals surface area contributed by atoms with E-state index in [1.165, 1.54) is 6.26 Å². The molecule has 0 bridgehead atoms. The van der Waals surface area contributed by atoms with Crippen LogP contribution in [0.1, 0.15) is 0 Å². The zero-order valence-electron chi connectivity index (χ0n) is 7.27. The monoisotopic (exact) mass is 185 g/mol. The molecule has 3 heteroatoms. The van der Waals surface area contributed by atoms with Crippen LogP contribution in [0.15, 0.2) is 36.4 Å². The number of hydrogen-bond acceptors (Lipinski definition) is 3. The van der Waals surface area contributed by atoms with E-state index in [4.69, 9.17) is 5.26 Å².